The summed E-state index contributed by atoms with van der Waals surface area (Å²) in [5.74, 6) is 0. The van der Waals surface area contributed by atoms with Crippen molar-refractivity contribution in [2.75, 3.05) is 6.61 Å². The van der Waals surface area contributed by atoms with Crippen molar-refractivity contribution in [2.45, 2.75) is 44.2 Å². The van der Waals surface area contributed by atoms with Gasteiger partial charge in [0.25, 0.3) is 0 Å². The maximum atomic E-state index is 10.2. The van der Waals surface area contributed by atoms with E-state index in [-0.39, 0.29) is 6.10 Å². The van der Waals surface area contributed by atoms with Gasteiger partial charge in [0.15, 0.2) is 5.54 Å². The fraction of sp³-hybridized carbons (Fsp3) is 0.800. The van der Waals surface area contributed by atoms with Gasteiger partial charge in [0.1, 0.15) is 0 Å². The first kappa shape index (κ1) is 10.9. The third-order valence-corrected chi connectivity index (χ3v) is 2.51. The molecule has 1 aliphatic heterocycles. The minimum atomic E-state index is -0.875. The molecule has 1 fully saturated rings. The molecule has 0 bridgehead atoms. The van der Waals surface area contributed by atoms with Gasteiger partial charge >= 0.3 is 0 Å². The van der Waals surface area contributed by atoms with Crippen molar-refractivity contribution in [3.63, 3.8) is 0 Å². The summed E-state index contributed by atoms with van der Waals surface area (Å²) in [7, 11) is 0. The zero-order valence-electron chi connectivity index (χ0n) is 8.32. The Bertz CT molecular complexity index is 276. The molecule has 2 atom stereocenters. The Kier molecular flexibility index (Phi) is 3.82. The maximum Gasteiger partial charge on any atom is 0.236 e. The summed E-state index contributed by atoms with van der Waals surface area (Å²) in [5, 5.41) is 8.98. The van der Waals surface area contributed by atoms with Gasteiger partial charge in [-0.25, -0.2) is 4.79 Å². The van der Waals surface area contributed by atoms with Gasteiger partial charge in [-0.1, -0.05) is 13.3 Å². The lowest BCUT2D eigenvalue weighted by Crippen LogP contribution is -2.38. The average molecular weight is 194 g/mol. The Morgan fingerprint density at radius 2 is 2.50 bits per heavy atom. The molecular weight excluding hydrogens is 180 g/mol. The van der Waals surface area contributed by atoms with Gasteiger partial charge in [-0.3, -0.25) is 0 Å². The summed E-state index contributed by atoms with van der Waals surface area (Å²) in [5.41, 5.74) is -0.875. The fourth-order valence-electron chi connectivity index (χ4n) is 1.75. The molecule has 0 aromatic carbocycles. The smallest absolute Gasteiger partial charge is 0.236 e. The van der Waals surface area contributed by atoms with Crippen molar-refractivity contribution in [1.29, 1.82) is 5.26 Å². The highest BCUT2D eigenvalue weighted by atomic mass is 16.5. The van der Waals surface area contributed by atoms with E-state index in [0.29, 0.717) is 19.4 Å². The largest absolute Gasteiger partial charge is 0.378 e. The third-order valence-electron chi connectivity index (χ3n) is 2.51. The minimum absolute atomic E-state index is 0.0606. The number of nitrogens with zero attached hydrogens (tertiary/aromatic N) is 2. The van der Waals surface area contributed by atoms with Crippen LogP contribution in [0.3, 0.4) is 0 Å². The molecule has 0 amide bonds. The summed E-state index contributed by atoms with van der Waals surface area (Å²) < 4.78 is 5.48. The van der Waals surface area contributed by atoms with E-state index >= 15 is 0 Å². The molecule has 0 radical (unpaired) electrons. The standard InChI is InChI=1S/C10H14N2O2/c1-2-3-9-6-10(7-11,12-8-13)4-5-14-9/h9H,2-6H2,1H3. The van der Waals surface area contributed by atoms with Crippen LogP contribution in [0.15, 0.2) is 4.99 Å². The molecule has 14 heavy (non-hydrogen) atoms. The summed E-state index contributed by atoms with van der Waals surface area (Å²) in [4.78, 5) is 13.8. The molecule has 1 saturated heterocycles. The number of isocyanates is 1. The second-order valence-electron chi connectivity index (χ2n) is 3.58. The summed E-state index contributed by atoms with van der Waals surface area (Å²) in [6, 6.07) is 2.10. The Labute approximate surface area is 83.6 Å². The molecule has 0 N–H and O–H groups in total. The Balaban J connectivity index is 2.69. The van der Waals surface area contributed by atoms with Crippen LogP contribution in [0, 0.1) is 11.3 Å². The Hall–Kier alpha value is -1.17. The highest BCUT2D eigenvalue weighted by Crippen LogP contribution is 2.29. The molecule has 0 aromatic rings. The van der Waals surface area contributed by atoms with Gasteiger partial charge in [0, 0.05) is 12.8 Å². The highest BCUT2D eigenvalue weighted by Gasteiger charge is 2.36. The van der Waals surface area contributed by atoms with E-state index in [1.165, 1.54) is 6.08 Å². The van der Waals surface area contributed by atoms with Crippen LogP contribution in [-0.2, 0) is 9.53 Å². The van der Waals surface area contributed by atoms with Gasteiger partial charge in [-0.2, -0.15) is 10.3 Å². The maximum absolute atomic E-state index is 10.2. The molecule has 1 heterocycles. The third kappa shape index (κ3) is 2.41. The first-order chi connectivity index (χ1) is 6.76. The van der Waals surface area contributed by atoms with E-state index in [4.69, 9.17) is 10.00 Å². The first-order valence-corrected chi connectivity index (χ1v) is 4.88. The zero-order chi connectivity index (χ0) is 10.4. The number of ether oxygens (including phenoxy) is 1. The molecule has 0 spiro atoms. The van der Waals surface area contributed by atoms with Crippen molar-refractivity contribution in [1.82, 2.24) is 0 Å². The predicted octanol–water partition coefficient (Wildman–Crippen LogP) is 1.56. The number of hydrogen-bond donors (Lipinski definition) is 0. The van der Waals surface area contributed by atoms with Crippen LogP contribution >= 0.6 is 0 Å². The lowest BCUT2D eigenvalue weighted by Gasteiger charge is -2.31. The molecule has 4 heteroatoms. The number of carbonyl (C=O) groups excluding carboxylic acids is 1. The quantitative estimate of drug-likeness (QED) is 0.506. The lowest BCUT2D eigenvalue weighted by atomic mass is 9.87. The average Bonchev–Trinajstić information content (AvgIpc) is 2.19. The predicted molar refractivity (Wildman–Crippen MR) is 50.3 cm³/mol. The second-order valence-corrected chi connectivity index (χ2v) is 3.58. The Morgan fingerprint density at radius 3 is 3.07 bits per heavy atom. The van der Waals surface area contributed by atoms with Gasteiger partial charge in [0.2, 0.25) is 6.08 Å². The van der Waals surface area contributed by atoms with Crippen molar-refractivity contribution < 1.29 is 9.53 Å². The lowest BCUT2D eigenvalue weighted by molar-refractivity contribution is -0.00969. The van der Waals surface area contributed by atoms with Crippen molar-refractivity contribution in [3.8, 4) is 6.07 Å². The fourth-order valence-corrected chi connectivity index (χ4v) is 1.75. The second kappa shape index (κ2) is 4.90. The molecule has 0 aliphatic carbocycles. The molecule has 0 aromatic heterocycles. The van der Waals surface area contributed by atoms with Crippen LogP contribution < -0.4 is 0 Å². The number of hydrogen-bond acceptors (Lipinski definition) is 4. The summed E-state index contributed by atoms with van der Waals surface area (Å²) in [6.45, 7) is 2.57. The van der Waals surface area contributed by atoms with Gasteiger partial charge < -0.3 is 4.74 Å². The SMILES string of the molecule is CCCC1CC(C#N)(N=C=O)CCO1. The van der Waals surface area contributed by atoms with E-state index in [9.17, 15) is 4.79 Å². The number of nitriles is 1. The van der Waals surface area contributed by atoms with Crippen molar-refractivity contribution >= 4 is 6.08 Å². The zero-order valence-corrected chi connectivity index (χ0v) is 8.32. The topological polar surface area (TPSA) is 62.5 Å². The molecule has 2 unspecified atom stereocenters. The first-order valence-electron chi connectivity index (χ1n) is 4.88. The van der Waals surface area contributed by atoms with E-state index in [2.05, 4.69) is 18.0 Å². The van der Waals surface area contributed by atoms with E-state index in [1.54, 1.807) is 0 Å². The summed E-state index contributed by atoms with van der Waals surface area (Å²) >= 11 is 0. The summed E-state index contributed by atoms with van der Waals surface area (Å²) in [6.07, 6.45) is 4.49. The van der Waals surface area contributed by atoms with Crippen molar-refractivity contribution in [3.05, 3.63) is 0 Å². The molecular formula is C10H14N2O2. The highest BCUT2D eigenvalue weighted by molar-refractivity contribution is 5.37. The van der Waals surface area contributed by atoms with Crippen LogP contribution in [0.25, 0.3) is 0 Å². The van der Waals surface area contributed by atoms with E-state index in [1.807, 2.05) is 0 Å². The van der Waals surface area contributed by atoms with E-state index in [0.717, 1.165) is 12.8 Å². The van der Waals surface area contributed by atoms with Crippen molar-refractivity contribution in [2.24, 2.45) is 4.99 Å². The molecule has 76 valence electrons. The van der Waals surface area contributed by atoms with Crippen LogP contribution in [-0.4, -0.2) is 24.3 Å². The monoisotopic (exact) mass is 194 g/mol. The van der Waals surface area contributed by atoms with Gasteiger partial charge in [-0.05, 0) is 6.42 Å². The molecule has 1 rings (SSSR count). The van der Waals surface area contributed by atoms with E-state index < -0.39 is 5.54 Å². The molecule has 4 nitrogen and oxygen atoms in total. The normalized spacial score (nSPS) is 31.6. The van der Waals surface area contributed by atoms with Crippen LogP contribution in [0.4, 0.5) is 0 Å². The van der Waals surface area contributed by atoms with Crippen LogP contribution in [0.2, 0.25) is 0 Å². The minimum Gasteiger partial charge on any atom is -0.378 e. The number of rotatable bonds is 3. The van der Waals surface area contributed by atoms with Crippen LogP contribution in [0.1, 0.15) is 32.6 Å². The number of aliphatic imine (C=N–C) groups is 1. The molecule has 1 aliphatic rings. The van der Waals surface area contributed by atoms with Gasteiger partial charge in [0.05, 0.1) is 18.8 Å². The molecule has 0 saturated carbocycles. The van der Waals surface area contributed by atoms with Crippen LogP contribution in [0.5, 0.6) is 0 Å². The van der Waals surface area contributed by atoms with Gasteiger partial charge in [-0.15, -0.1) is 0 Å². The Morgan fingerprint density at radius 1 is 1.71 bits per heavy atom.